The number of nitrogens with one attached hydrogen (secondary N) is 1. The number of carbonyl (C=O) groups excluding carboxylic acids is 2. The number of hydrogen-bond acceptors (Lipinski definition) is 5. The Morgan fingerprint density at radius 2 is 2.10 bits per heavy atom. The first-order valence-electron chi connectivity index (χ1n) is 10.4. The summed E-state index contributed by atoms with van der Waals surface area (Å²) in [5, 5.41) is 2.92. The summed E-state index contributed by atoms with van der Waals surface area (Å²) in [5.41, 5.74) is 5.60. The van der Waals surface area contributed by atoms with Crippen molar-refractivity contribution in [2.75, 3.05) is 25.5 Å². The maximum Gasteiger partial charge on any atom is 0.323 e. The monoisotopic (exact) mass is 404 g/mol. The number of methoxy groups -OCH3 is 1. The number of amides is 1. The van der Waals surface area contributed by atoms with E-state index in [1.54, 1.807) is 0 Å². The van der Waals surface area contributed by atoms with Crippen molar-refractivity contribution in [2.45, 2.75) is 31.9 Å². The number of esters is 1. The fourth-order valence-electron chi connectivity index (χ4n) is 4.69. The zero-order valence-corrected chi connectivity index (χ0v) is 16.9. The molecule has 3 aliphatic heterocycles. The highest BCUT2D eigenvalue weighted by Gasteiger charge is 2.33. The molecule has 0 radical (unpaired) electrons. The number of nitrogens with zero attached hydrogens (tertiary/aromatic N) is 1. The first kappa shape index (κ1) is 18.9. The van der Waals surface area contributed by atoms with Crippen molar-refractivity contribution >= 4 is 28.9 Å². The van der Waals surface area contributed by atoms with E-state index in [4.69, 9.17) is 9.47 Å². The van der Waals surface area contributed by atoms with Crippen molar-refractivity contribution in [3.63, 3.8) is 0 Å². The fraction of sp³-hybridized carbons (Fsp3) is 0.333. The lowest BCUT2D eigenvalue weighted by atomic mass is 9.98. The summed E-state index contributed by atoms with van der Waals surface area (Å²) < 4.78 is 10.9. The molecule has 0 unspecified atom stereocenters. The molecule has 0 bridgehead atoms. The molecule has 1 fully saturated rings. The van der Waals surface area contributed by atoms with E-state index in [1.165, 1.54) is 12.7 Å². The molecule has 1 atom stereocenters. The van der Waals surface area contributed by atoms with Gasteiger partial charge in [-0.2, -0.15) is 0 Å². The summed E-state index contributed by atoms with van der Waals surface area (Å²) in [7, 11) is 1.45. The molecule has 0 aliphatic carbocycles. The minimum atomic E-state index is -0.138. The van der Waals surface area contributed by atoms with Crippen molar-refractivity contribution < 1.29 is 19.1 Å². The number of ether oxygens (including phenoxy) is 2. The number of benzene rings is 2. The topological polar surface area (TPSA) is 67.9 Å². The third kappa shape index (κ3) is 3.17. The van der Waals surface area contributed by atoms with E-state index in [2.05, 4.69) is 28.4 Å². The van der Waals surface area contributed by atoms with E-state index >= 15 is 0 Å². The summed E-state index contributed by atoms with van der Waals surface area (Å²) >= 11 is 0. The average Bonchev–Trinajstić information content (AvgIpc) is 3.47. The molecule has 30 heavy (non-hydrogen) atoms. The number of rotatable bonds is 4. The van der Waals surface area contributed by atoms with E-state index in [9.17, 15) is 9.59 Å². The molecule has 1 amide bonds. The number of para-hydroxylation sites is 1. The van der Waals surface area contributed by atoms with Crippen molar-refractivity contribution in [2.24, 2.45) is 0 Å². The van der Waals surface area contributed by atoms with Crippen LogP contribution in [-0.4, -0.2) is 43.0 Å². The Morgan fingerprint density at radius 1 is 1.23 bits per heavy atom. The minimum Gasteiger partial charge on any atom is -0.487 e. The summed E-state index contributed by atoms with van der Waals surface area (Å²) in [6.45, 7) is 2.22. The van der Waals surface area contributed by atoms with Crippen LogP contribution >= 0.6 is 0 Å². The molecule has 2 aromatic carbocycles. The SMILES string of the molecule is COC(=O)[C@@H]1CCCN1CCc1ccc2c(c1)CO/C2=C1/C(=O)Nc2ccccc21. The zero-order valence-electron chi connectivity index (χ0n) is 16.9. The summed E-state index contributed by atoms with van der Waals surface area (Å²) in [4.78, 5) is 26.7. The lowest BCUT2D eigenvalue weighted by Gasteiger charge is -2.22. The van der Waals surface area contributed by atoms with Crippen LogP contribution < -0.4 is 5.32 Å². The van der Waals surface area contributed by atoms with Crippen LogP contribution in [0.2, 0.25) is 0 Å². The Kier molecular flexibility index (Phi) is 4.79. The van der Waals surface area contributed by atoms with E-state index in [0.717, 1.165) is 54.7 Å². The highest BCUT2D eigenvalue weighted by molar-refractivity contribution is 6.36. The van der Waals surface area contributed by atoms with Crippen LogP contribution in [0.15, 0.2) is 42.5 Å². The van der Waals surface area contributed by atoms with Crippen LogP contribution in [0.1, 0.15) is 35.1 Å². The van der Waals surface area contributed by atoms with Crippen molar-refractivity contribution in [3.05, 3.63) is 64.7 Å². The molecule has 1 saturated heterocycles. The zero-order chi connectivity index (χ0) is 20.7. The predicted molar refractivity (Wildman–Crippen MR) is 113 cm³/mol. The minimum absolute atomic E-state index is 0.119. The number of anilines is 1. The summed E-state index contributed by atoms with van der Waals surface area (Å²) in [6.07, 6.45) is 2.75. The molecule has 6 nitrogen and oxygen atoms in total. The molecule has 6 heteroatoms. The van der Waals surface area contributed by atoms with Crippen molar-refractivity contribution in [1.82, 2.24) is 4.90 Å². The lowest BCUT2D eigenvalue weighted by Crippen LogP contribution is -2.38. The van der Waals surface area contributed by atoms with Gasteiger partial charge in [-0.15, -0.1) is 0 Å². The van der Waals surface area contributed by atoms with Gasteiger partial charge in [-0.05, 0) is 37.4 Å². The average molecular weight is 404 g/mol. The maximum absolute atomic E-state index is 12.6. The molecular weight excluding hydrogens is 380 g/mol. The number of carbonyl (C=O) groups is 2. The second kappa shape index (κ2) is 7.61. The molecule has 154 valence electrons. The van der Waals surface area contributed by atoms with Crippen molar-refractivity contribution in [1.29, 1.82) is 0 Å². The molecule has 2 aromatic rings. The number of hydrogen-bond donors (Lipinski definition) is 1. The molecule has 1 N–H and O–H groups in total. The Morgan fingerprint density at radius 3 is 2.97 bits per heavy atom. The highest BCUT2D eigenvalue weighted by Crippen LogP contribution is 2.41. The molecule has 0 spiro atoms. The van der Waals surface area contributed by atoms with Gasteiger partial charge in [0.05, 0.1) is 12.7 Å². The normalized spacial score (nSPS) is 22.4. The van der Waals surface area contributed by atoms with Crippen LogP contribution in [0, 0.1) is 0 Å². The fourth-order valence-corrected chi connectivity index (χ4v) is 4.69. The van der Waals surface area contributed by atoms with Crippen LogP contribution in [0.5, 0.6) is 0 Å². The molecule has 3 aliphatic rings. The van der Waals surface area contributed by atoms with Gasteiger partial charge in [-0.3, -0.25) is 14.5 Å². The van der Waals surface area contributed by atoms with Crippen LogP contribution in [0.25, 0.3) is 11.3 Å². The van der Waals surface area contributed by atoms with Gasteiger partial charge in [0.15, 0.2) is 0 Å². The van der Waals surface area contributed by atoms with Crippen molar-refractivity contribution in [3.8, 4) is 0 Å². The van der Waals surface area contributed by atoms with Gasteiger partial charge < -0.3 is 14.8 Å². The van der Waals surface area contributed by atoms with Gasteiger partial charge in [-0.1, -0.05) is 36.4 Å². The Labute approximate surface area is 175 Å². The first-order valence-corrected chi connectivity index (χ1v) is 10.4. The van der Waals surface area contributed by atoms with E-state index in [0.29, 0.717) is 17.9 Å². The standard InChI is InChI=1S/C24H24N2O4/c1-29-24(28)20-7-4-11-26(20)12-10-15-8-9-17-16(13-15)14-30-22(17)21-18-5-2-3-6-19(18)25-23(21)27/h2-3,5-6,8-9,13,20H,4,7,10-12,14H2,1H3,(H,25,27)/b22-21+/t20-/m0/s1. The molecule has 0 saturated carbocycles. The van der Waals surface area contributed by atoms with E-state index in [1.807, 2.05) is 24.3 Å². The van der Waals surface area contributed by atoms with Gasteiger partial charge >= 0.3 is 5.97 Å². The molecular formula is C24H24N2O4. The number of fused-ring (bicyclic) bond motifs is 2. The quantitative estimate of drug-likeness (QED) is 0.626. The van der Waals surface area contributed by atoms with Crippen LogP contribution in [-0.2, 0) is 32.1 Å². The predicted octanol–water partition coefficient (Wildman–Crippen LogP) is 3.22. The highest BCUT2D eigenvalue weighted by atomic mass is 16.5. The lowest BCUT2D eigenvalue weighted by molar-refractivity contribution is -0.145. The maximum atomic E-state index is 12.6. The smallest absolute Gasteiger partial charge is 0.323 e. The summed E-state index contributed by atoms with van der Waals surface area (Å²) in [6, 6.07) is 13.9. The Bertz CT molecular complexity index is 1060. The second-order valence-electron chi connectivity index (χ2n) is 7.95. The number of likely N-dealkylation sites (tertiary alicyclic amines) is 1. The Balaban J connectivity index is 1.36. The third-order valence-corrected chi connectivity index (χ3v) is 6.21. The van der Waals surface area contributed by atoms with Crippen LogP contribution in [0.3, 0.4) is 0 Å². The van der Waals surface area contributed by atoms with Gasteiger partial charge in [0, 0.05) is 28.9 Å². The van der Waals surface area contributed by atoms with Gasteiger partial charge in [-0.25, -0.2) is 0 Å². The van der Waals surface area contributed by atoms with Crippen LogP contribution in [0.4, 0.5) is 5.69 Å². The van der Waals surface area contributed by atoms with Gasteiger partial charge in [0.25, 0.3) is 5.91 Å². The third-order valence-electron chi connectivity index (χ3n) is 6.21. The molecule has 5 rings (SSSR count). The van der Waals surface area contributed by atoms with E-state index in [-0.39, 0.29) is 17.9 Å². The molecule has 0 aromatic heterocycles. The van der Waals surface area contributed by atoms with E-state index < -0.39 is 0 Å². The van der Waals surface area contributed by atoms with Gasteiger partial charge in [0.2, 0.25) is 0 Å². The summed E-state index contributed by atoms with van der Waals surface area (Å²) in [5.74, 6) is 0.400. The first-order chi connectivity index (χ1) is 14.7. The largest absolute Gasteiger partial charge is 0.487 e. The Hall–Kier alpha value is -3.12. The van der Waals surface area contributed by atoms with Gasteiger partial charge in [0.1, 0.15) is 18.4 Å². The second-order valence-corrected chi connectivity index (χ2v) is 7.95. The molecule has 3 heterocycles.